The molecule has 0 aromatic heterocycles. The molecule has 2 saturated heterocycles. The average molecular weight is 331 g/mol. The number of nitrogens with two attached hydrogens (primary N) is 1. The molecule has 1 aromatic carbocycles. The van der Waals surface area contributed by atoms with Gasteiger partial charge in [0, 0.05) is 32.1 Å². The third kappa shape index (κ3) is 4.13. The van der Waals surface area contributed by atoms with Crippen LogP contribution in [0.2, 0.25) is 0 Å². The summed E-state index contributed by atoms with van der Waals surface area (Å²) in [5.41, 5.74) is 6.49. The van der Waals surface area contributed by atoms with Gasteiger partial charge in [-0.2, -0.15) is 0 Å². The minimum absolute atomic E-state index is 0.0216. The van der Waals surface area contributed by atoms with Crippen LogP contribution in [0.4, 0.5) is 0 Å². The van der Waals surface area contributed by atoms with Crippen molar-refractivity contribution < 1.29 is 14.3 Å². The zero-order chi connectivity index (χ0) is 16.9. The molecule has 2 aliphatic heterocycles. The molecule has 1 atom stereocenters. The molecule has 2 aliphatic rings. The van der Waals surface area contributed by atoms with Crippen molar-refractivity contribution in [1.82, 2.24) is 9.80 Å². The highest BCUT2D eigenvalue weighted by Crippen LogP contribution is 2.22. The number of carbonyl (C=O) groups excluding carboxylic acids is 2. The van der Waals surface area contributed by atoms with Crippen LogP contribution in [0.5, 0.6) is 0 Å². The molecule has 1 aromatic rings. The Morgan fingerprint density at radius 2 is 1.83 bits per heavy atom. The smallest absolute Gasteiger partial charge is 0.236 e. The van der Waals surface area contributed by atoms with Gasteiger partial charge >= 0.3 is 0 Å². The molecule has 6 heteroatoms. The van der Waals surface area contributed by atoms with Crippen molar-refractivity contribution >= 4 is 11.8 Å². The topological polar surface area (TPSA) is 75.9 Å². The molecule has 0 bridgehead atoms. The fraction of sp³-hybridized carbons (Fsp3) is 0.556. The number of amides is 2. The summed E-state index contributed by atoms with van der Waals surface area (Å²) in [6.45, 7) is 3.79. The molecule has 2 fully saturated rings. The molecule has 3 rings (SSSR count). The van der Waals surface area contributed by atoms with Crippen molar-refractivity contribution in [3.63, 3.8) is 0 Å². The maximum absolute atomic E-state index is 12.5. The van der Waals surface area contributed by atoms with Crippen LogP contribution < -0.4 is 5.73 Å². The summed E-state index contributed by atoms with van der Waals surface area (Å²) in [7, 11) is 0. The van der Waals surface area contributed by atoms with Crippen LogP contribution in [-0.2, 0) is 14.3 Å². The largest absolute Gasteiger partial charge is 0.371 e. The minimum atomic E-state index is -0.249. The van der Waals surface area contributed by atoms with Gasteiger partial charge in [0.15, 0.2) is 0 Å². The lowest BCUT2D eigenvalue weighted by Crippen LogP contribution is -2.48. The van der Waals surface area contributed by atoms with Crippen molar-refractivity contribution in [2.24, 2.45) is 11.7 Å². The number of nitrogens with zero attached hydrogens (tertiary/aromatic N) is 2. The molecule has 0 radical (unpaired) electrons. The van der Waals surface area contributed by atoms with Crippen molar-refractivity contribution in [2.75, 3.05) is 39.3 Å². The average Bonchev–Trinajstić information content (AvgIpc) is 2.63. The number of piperidine rings is 1. The van der Waals surface area contributed by atoms with Gasteiger partial charge in [-0.3, -0.25) is 14.5 Å². The third-order valence-corrected chi connectivity index (χ3v) is 4.93. The van der Waals surface area contributed by atoms with E-state index in [2.05, 4.69) is 17.0 Å². The number of ether oxygens (including phenoxy) is 1. The van der Waals surface area contributed by atoms with Crippen molar-refractivity contribution in [3.8, 4) is 0 Å². The van der Waals surface area contributed by atoms with Crippen LogP contribution in [0.1, 0.15) is 24.5 Å². The Balaban J connectivity index is 1.50. The molecule has 6 nitrogen and oxygen atoms in total. The summed E-state index contributed by atoms with van der Waals surface area (Å²) in [6.07, 6.45) is 1.38. The SMILES string of the molecule is NC(=O)C1CCN(C(=O)CN2CCOC(c3ccccc3)C2)CC1. The van der Waals surface area contributed by atoms with Crippen molar-refractivity contribution in [1.29, 1.82) is 0 Å². The zero-order valence-corrected chi connectivity index (χ0v) is 13.9. The van der Waals surface area contributed by atoms with Crippen molar-refractivity contribution in [3.05, 3.63) is 35.9 Å². The molecule has 2 heterocycles. The monoisotopic (exact) mass is 331 g/mol. The maximum Gasteiger partial charge on any atom is 0.236 e. The maximum atomic E-state index is 12.5. The number of benzene rings is 1. The lowest BCUT2D eigenvalue weighted by molar-refractivity contribution is -0.137. The molecule has 2 amide bonds. The highest BCUT2D eigenvalue weighted by molar-refractivity contribution is 5.80. The highest BCUT2D eigenvalue weighted by atomic mass is 16.5. The number of primary amides is 1. The quantitative estimate of drug-likeness (QED) is 0.885. The van der Waals surface area contributed by atoms with E-state index in [0.717, 1.165) is 18.7 Å². The zero-order valence-electron chi connectivity index (χ0n) is 13.9. The van der Waals surface area contributed by atoms with Crippen LogP contribution in [0.15, 0.2) is 30.3 Å². The molecule has 24 heavy (non-hydrogen) atoms. The minimum Gasteiger partial charge on any atom is -0.371 e. The predicted molar refractivity (Wildman–Crippen MR) is 90.1 cm³/mol. The summed E-state index contributed by atoms with van der Waals surface area (Å²) in [6, 6.07) is 10.1. The highest BCUT2D eigenvalue weighted by Gasteiger charge is 2.28. The molecule has 0 spiro atoms. The van der Waals surface area contributed by atoms with Crippen LogP contribution in [-0.4, -0.2) is 60.9 Å². The molecule has 0 saturated carbocycles. The second kappa shape index (κ2) is 7.77. The van der Waals surface area contributed by atoms with Gasteiger partial charge in [0.1, 0.15) is 0 Å². The molecule has 0 aliphatic carbocycles. The Morgan fingerprint density at radius 3 is 2.50 bits per heavy atom. The molecule has 1 unspecified atom stereocenters. The van der Waals surface area contributed by atoms with Gasteiger partial charge in [-0.1, -0.05) is 30.3 Å². The van der Waals surface area contributed by atoms with E-state index in [9.17, 15) is 9.59 Å². The van der Waals surface area contributed by atoms with Gasteiger partial charge < -0.3 is 15.4 Å². The van der Waals surface area contributed by atoms with Gasteiger partial charge in [0.25, 0.3) is 0 Å². The first-order valence-corrected chi connectivity index (χ1v) is 8.59. The van der Waals surface area contributed by atoms with E-state index in [1.807, 2.05) is 23.1 Å². The molecule has 2 N–H and O–H groups in total. The summed E-state index contributed by atoms with van der Waals surface area (Å²) < 4.78 is 5.84. The second-order valence-electron chi connectivity index (χ2n) is 6.56. The Hall–Kier alpha value is -1.92. The second-order valence-corrected chi connectivity index (χ2v) is 6.56. The lowest BCUT2D eigenvalue weighted by Gasteiger charge is -2.36. The first kappa shape index (κ1) is 16.9. The number of hydrogen-bond donors (Lipinski definition) is 1. The van der Waals surface area contributed by atoms with E-state index in [1.165, 1.54) is 0 Å². The van der Waals surface area contributed by atoms with Gasteiger partial charge in [-0.05, 0) is 18.4 Å². The molecular formula is C18H25N3O3. The van der Waals surface area contributed by atoms with Gasteiger partial charge in [0.2, 0.25) is 11.8 Å². The molecule has 130 valence electrons. The van der Waals surface area contributed by atoms with Crippen LogP contribution in [0, 0.1) is 5.92 Å². The van der Waals surface area contributed by atoms with Gasteiger partial charge in [-0.25, -0.2) is 0 Å². The van der Waals surface area contributed by atoms with Crippen LogP contribution >= 0.6 is 0 Å². The van der Waals surface area contributed by atoms with Crippen LogP contribution in [0.3, 0.4) is 0 Å². The van der Waals surface area contributed by atoms with Gasteiger partial charge in [-0.15, -0.1) is 0 Å². The summed E-state index contributed by atoms with van der Waals surface area (Å²) in [5, 5.41) is 0. The number of likely N-dealkylation sites (tertiary alicyclic amines) is 1. The normalized spacial score (nSPS) is 23.2. The number of carbonyl (C=O) groups is 2. The Kier molecular flexibility index (Phi) is 5.48. The van der Waals surface area contributed by atoms with E-state index in [4.69, 9.17) is 10.5 Å². The number of hydrogen-bond acceptors (Lipinski definition) is 4. The molecular weight excluding hydrogens is 306 g/mol. The van der Waals surface area contributed by atoms with E-state index in [1.54, 1.807) is 0 Å². The predicted octanol–water partition coefficient (Wildman–Crippen LogP) is 0.784. The summed E-state index contributed by atoms with van der Waals surface area (Å²) >= 11 is 0. The fourth-order valence-electron chi connectivity index (χ4n) is 3.42. The first-order chi connectivity index (χ1) is 11.6. The summed E-state index contributed by atoms with van der Waals surface area (Å²) in [4.78, 5) is 27.7. The number of rotatable bonds is 4. The summed E-state index contributed by atoms with van der Waals surface area (Å²) in [5.74, 6) is -0.201. The van der Waals surface area contributed by atoms with Crippen LogP contribution in [0.25, 0.3) is 0 Å². The fourth-order valence-corrected chi connectivity index (χ4v) is 3.42. The van der Waals surface area contributed by atoms with E-state index >= 15 is 0 Å². The Bertz CT molecular complexity index is 570. The lowest BCUT2D eigenvalue weighted by atomic mass is 9.96. The van der Waals surface area contributed by atoms with E-state index in [0.29, 0.717) is 39.1 Å². The van der Waals surface area contributed by atoms with E-state index < -0.39 is 0 Å². The van der Waals surface area contributed by atoms with E-state index in [-0.39, 0.29) is 23.8 Å². The Morgan fingerprint density at radius 1 is 1.12 bits per heavy atom. The third-order valence-electron chi connectivity index (χ3n) is 4.93. The van der Waals surface area contributed by atoms with Gasteiger partial charge in [0.05, 0.1) is 19.3 Å². The first-order valence-electron chi connectivity index (χ1n) is 8.59. The standard InChI is InChI=1S/C18H25N3O3/c19-18(23)15-6-8-21(9-7-15)17(22)13-20-10-11-24-16(12-20)14-4-2-1-3-5-14/h1-5,15-16H,6-13H2,(H2,19,23). The van der Waals surface area contributed by atoms with Crippen molar-refractivity contribution in [2.45, 2.75) is 18.9 Å². The Labute approximate surface area is 142 Å². The number of morpholine rings is 1.